The Morgan fingerprint density at radius 3 is 2.89 bits per heavy atom. The Kier molecular flexibility index (Phi) is 4.88. The van der Waals surface area contributed by atoms with Crippen molar-refractivity contribution < 1.29 is 17.6 Å². The maximum atomic E-state index is 12.6. The van der Waals surface area contributed by atoms with Gasteiger partial charge in [0.25, 0.3) is 10.0 Å². The normalized spacial score (nSPS) is 11.6. The van der Waals surface area contributed by atoms with E-state index in [4.69, 9.17) is 4.42 Å². The zero-order valence-electron chi connectivity index (χ0n) is 14.4. The van der Waals surface area contributed by atoms with E-state index >= 15 is 0 Å². The Labute approximate surface area is 164 Å². The van der Waals surface area contributed by atoms with Gasteiger partial charge in [0.2, 0.25) is 17.7 Å². The molecule has 3 aromatic heterocycles. The highest BCUT2D eigenvalue weighted by Gasteiger charge is 2.20. The van der Waals surface area contributed by atoms with Gasteiger partial charge >= 0.3 is 0 Å². The van der Waals surface area contributed by atoms with Crippen LogP contribution in [0.5, 0.6) is 0 Å². The summed E-state index contributed by atoms with van der Waals surface area (Å²) in [5, 5.41) is 12.7. The van der Waals surface area contributed by atoms with E-state index in [1.54, 1.807) is 24.4 Å². The van der Waals surface area contributed by atoms with E-state index in [1.165, 1.54) is 23.6 Å². The Morgan fingerprint density at radius 2 is 2.07 bits per heavy atom. The predicted octanol–water partition coefficient (Wildman–Crippen LogP) is 2.78. The Hall–Kier alpha value is -3.11. The molecule has 0 aliphatic rings. The van der Waals surface area contributed by atoms with Crippen LogP contribution in [-0.4, -0.2) is 29.5 Å². The summed E-state index contributed by atoms with van der Waals surface area (Å²) in [5.41, 5.74) is 0.807. The molecule has 0 atom stereocenters. The number of amides is 1. The average Bonchev–Trinajstić information content (AvgIpc) is 3.37. The molecule has 0 spiro atoms. The first-order chi connectivity index (χ1) is 13.5. The van der Waals surface area contributed by atoms with Gasteiger partial charge in [-0.05, 0) is 23.6 Å². The van der Waals surface area contributed by atoms with Gasteiger partial charge in [-0.2, -0.15) is 11.3 Å². The van der Waals surface area contributed by atoms with Crippen molar-refractivity contribution in [3.05, 3.63) is 59.4 Å². The summed E-state index contributed by atoms with van der Waals surface area (Å²) in [5.74, 6) is -0.0139. The van der Waals surface area contributed by atoms with Gasteiger partial charge in [-0.1, -0.05) is 12.1 Å². The van der Waals surface area contributed by atoms with Crippen LogP contribution >= 0.6 is 11.3 Å². The van der Waals surface area contributed by atoms with Crippen LogP contribution in [0.25, 0.3) is 22.2 Å². The van der Waals surface area contributed by atoms with E-state index in [0.717, 1.165) is 5.56 Å². The molecule has 1 N–H and O–H groups in total. The Bertz CT molecular complexity index is 1230. The number of aryl methyl sites for hydroxylation is 1. The second kappa shape index (κ2) is 7.49. The highest BCUT2D eigenvalue weighted by molar-refractivity contribution is 7.90. The average molecular weight is 414 g/mol. The van der Waals surface area contributed by atoms with Crippen LogP contribution in [0.15, 0.2) is 62.8 Å². The molecule has 1 amide bonds. The number of aromatic nitrogens is 3. The lowest BCUT2D eigenvalue weighted by Crippen LogP contribution is -2.30. The highest BCUT2D eigenvalue weighted by Crippen LogP contribution is 2.22. The zero-order chi connectivity index (χ0) is 19.6. The van der Waals surface area contributed by atoms with E-state index < -0.39 is 15.9 Å². The van der Waals surface area contributed by atoms with Crippen molar-refractivity contribution in [2.24, 2.45) is 0 Å². The topological polar surface area (TPSA) is 115 Å². The van der Waals surface area contributed by atoms with E-state index in [1.807, 2.05) is 16.8 Å². The lowest BCUT2D eigenvalue weighted by Gasteiger charge is -2.09. The summed E-state index contributed by atoms with van der Waals surface area (Å²) in [7, 11) is -4.01. The number of benzene rings is 1. The third-order valence-electron chi connectivity index (χ3n) is 3.98. The second-order valence-electron chi connectivity index (χ2n) is 5.89. The molecule has 0 bridgehead atoms. The van der Waals surface area contributed by atoms with E-state index in [-0.39, 0.29) is 23.6 Å². The minimum atomic E-state index is -4.01. The van der Waals surface area contributed by atoms with Gasteiger partial charge in [0.05, 0.1) is 4.90 Å². The standard InChI is InChI=1S/C18H14N4O4S2/c23-16(4-5-17-20-21-18(26-17)13-7-9-27-11-13)22-28(24,25)15-3-1-2-12-10-19-8-6-14(12)15/h1-3,6-11H,4-5H2,(H,22,23). The first-order valence-corrected chi connectivity index (χ1v) is 10.7. The largest absolute Gasteiger partial charge is 0.421 e. The molecule has 0 radical (unpaired) electrons. The van der Waals surface area contributed by atoms with Crippen LogP contribution in [0.2, 0.25) is 0 Å². The predicted molar refractivity (Wildman–Crippen MR) is 103 cm³/mol. The monoisotopic (exact) mass is 414 g/mol. The quantitative estimate of drug-likeness (QED) is 0.516. The number of carbonyl (C=O) groups is 1. The number of sulfonamides is 1. The second-order valence-corrected chi connectivity index (χ2v) is 8.33. The van der Waals surface area contributed by atoms with Crippen LogP contribution in [0.4, 0.5) is 0 Å². The minimum Gasteiger partial charge on any atom is -0.421 e. The van der Waals surface area contributed by atoms with Crippen LogP contribution in [0, 0.1) is 0 Å². The van der Waals surface area contributed by atoms with Crippen LogP contribution in [-0.2, 0) is 21.2 Å². The van der Waals surface area contributed by atoms with Gasteiger partial charge in [0.1, 0.15) is 0 Å². The number of fused-ring (bicyclic) bond motifs is 1. The van der Waals surface area contributed by atoms with E-state index in [9.17, 15) is 13.2 Å². The van der Waals surface area contributed by atoms with Gasteiger partial charge in [-0.25, -0.2) is 13.1 Å². The summed E-state index contributed by atoms with van der Waals surface area (Å²) >= 11 is 1.50. The molecule has 0 aliphatic heterocycles. The number of hydrogen-bond donors (Lipinski definition) is 1. The molecule has 8 nitrogen and oxygen atoms in total. The smallest absolute Gasteiger partial charge is 0.264 e. The number of carbonyl (C=O) groups excluding carboxylic acids is 1. The van der Waals surface area contributed by atoms with E-state index in [2.05, 4.69) is 19.9 Å². The Balaban J connectivity index is 1.44. The minimum absolute atomic E-state index is 0.0262. The SMILES string of the molecule is O=C(CCc1nnc(-c2ccsc2)o1)NS(=O)(=O)c1cccc2cnccc12. The summed E-state index contributed by atoms with van der Waals surface area (Å²) in [6.07, 6.45) is 3.11. The molecular formula is C18H14N4O4S2. The van der Waals surface area contributed by atoms with Crippen molar-refractivity contribution in [2.75, 3.05) is 0 Å². The first-order valence-electron chi connectivity index (χ1n) is 8.26. The lowest BCUT2D eigenvalue weighted by atomic mass is 10.2. The van der Waals surface area contributed by atoms with Gasteiger partial charge in [-0.15, -0.1) is 10.2 Å². The molecular weight excluding hydrogens is 400 g/mol. The molecule has 0 saturated carbocycles. The van der Waals surface area contributed by atoms with Crippen molar-refractivity contribution in [1.29, 1.82) is 0 Å². The number of hydrogen-bond acceptors (Lipinski definition) is 8. The molecule has 0 unspecified atom stereocenters. The Morgan fingerprint density at radius 1 is 1.18 bits per heavy atom. The third-order valence-corrected chi connectivity index (χ3v) is 6.09. The molecule has 0 fully saturated rings. The molecule has 4 rings (SSSR count). The molecule has 3 heterocycles. The first kappa shape index (κ1) is 18.3. The van der Waals surface area contributed by atoms with Gasteiger partial charge in [-0.3, -0.25) is 9.78 Å². The number of rotatable bonds is 6. The van der Waals surface area contributed by atoms with Crippen molar-refractivity contribution in [3.8, 4) is 11.5 Å². The molecule has 142 valence electrons. The number of thiophene rings is 1. The van der Waals surface area contributed by atoms with E-state index in [0.29, 0.717) is 16.7 Å². The number of nitrogens with zero attached hydrogens (tertiary/aromatic N) is 3. The van der Waals surface area contributed by atoms with Crippen LogP contribution < -0.4 is 4.72 Å². The molecule has 0 saturated heterocycles. The van der Waals surface area contributed by atoms with Gasteiger partial charge in [0, 0.05) is 47.0 Å². The van der Waals surface area contributed by atoms with Crippen molar-refractivity contribution in [3.63, 3.8) is 0 Å². The van der Waals surface area contributed by atoms with Crippen molar-refractivity contribution in [1.82, 2.24) is 19.9 Å². The van der Waals surface area contributed by atoms with Gasteiger partial charge in [0.15, 0.2) is 0 Å². The fourth-order valence-electron chi connectivity index (χ4n) is 2.66. The molecule has 1 aromatic carbocycles. The summed E-state index contributed by atoms with van der Waals surface area (Å²) in [6.45, 7) is 0. The maximum Gasteiger partial charge on any atom is 0.264 e. The summed E-state index contributed by atoms with van der Waals surface area (Å²) in [6, 6.07) is 8.25. The zero-order valence-corrected chi connectivity index (χ0v) is 16.0. The molecule has 10 heteroatoms. The summed E-state index contributed by atoms with van der Waals surface area (Å²) < 4.78 is 32.8. The van der Waals surface area contributed by atoms with Crippen molar-refractivity contribution >= 4 is 38.0 Å². The van der Waals surface area contributed by atoms with Crippen molar-refractivity contribution in [2.45, 2.75) is 17.7 Å². The lowest BCUT2D eigenvalue weighted by molar-refractivity contribution is -0.119. The number of nitrogens with one attached hydrogen (secondary N) is 1. The molecule has 28 heavy (non-hydrogen) atoms. The maximum absolute atomic E-state index is 12.6. The third kappa shape index (κ3) is 3.78. The van der Waals surface area contributed by atoms with Crippen LogP contribution in [0.3, 0.4) is 0 Å². The number of pyridine rings is 1. The fraction of sp³-hybridized carbons (Fsp3) is 0.111. The molecule has 0 aliphatic carbocycles. The fourth-order valence-corrected chi connectivity index (χ4v) is 4.54. The highest BCUT2D eigenvalue weighted by atomic mass is 32.2. The summed E-state index contributed by atoms with van der Waals surface area (Å²) in [4.78, 5) is 16.2. The molecule has 4 aromatic rings. The van der Waals surface area contributed by atoms with Gasteiger partial charge < -0.3 is 4.42 Å². The van der Waals surface area contributed by atoms with Crippen LogP contribution in [0.1, 0.15) is 12.3 Å².